The molecule has 0 fully saturated rings. The van der Waals surface area contributed by atoms with Crippen LogP contribution in [0, 0.1) is 0 Å². The van der Waals surface area contributed by atoms with Gasteiger partial charge in [-0.1, -0.05) is 115 Å². The number of rotatable bonds is 2. The van der Waals surface area contributed by atoms with Crippen LogP contribution in [0.5, 0.6) is 0 Å². The fourth-order valence-corrected chi connectivity index (χ4v) is 7.23. The van der Waals surface area contributed by atoms with E-state index in [2.05, 4.69) is 138 Å². The Hall–Kier alpha value is -5.80. The van der Waals surface area contributed by atoms with Gasteiger partial charge in [-0.05, 0) is 40.1 Å². The average molecular weight is 546 g/mol. The van der Waals surface area contributed by atoms with Crippen molar-refractivity contribution in [1.29, 1.82) is 0 Å². The van der Waals surface area contributed by atoms with Crippen molar-refractivity contribution >= 4 is 70.7 Å². The predicted molar refractivity (Wildman–Crippen MR) is 180 cm³/mol. The quantitative estimate of drug-likeness (QED) is 0.202. The lowest BCUT2D eigenvalue weighted by Crippen LogP contribution is -1.92. The van der Waals surface area contributed by atoms with Gasteiger partial charge < -0.3 is 4.40 Å². The van der Waals surface area contributed by atoms with Crippen molar-refractivity contribution in [3.63, 3.8) is 0 Å². The van der Waals surface area contributed by atoms with Gasteiger partial charge in [-0.25, -0.2) is 4.98 Å². The van der Waals surface area contributed by atoms with E-state index in [4.69, 9.17) is 9.97 Å². The highest BCUT2D eigenvalue weighted by atomic mass is 14.9. The number of hydrogen-bond acceptors (Lipinski definition) is 2. The van der Waals surface area contributed by atoms with E-state index >= 15 is 0 Å². The van der Waals surface area contributed by atoms with Crippen molar-refractivity contribution < 1.29 is 0 Å². The summed E-state index contributed by atoms with van der Waals surface area (Å²) in [5, 5.41) is 9.87. The first-order valence-corrected chi connectivity index (χ1v) is 14.7. The molecular formula is C40H23N3. The molecule has 0 aliphatic rings. The SMILES string of the molecule is c1cc(-c2ccc3c4cccc5c6ccccc6n(c3c2)c54)cc(-c2cnc3c4ccccc4c4ccccc4c3n2)c1. The zero-order chi connectivity index (χ0) is 28.1. The van der Waals surface area contributed by atoms with Crippen molar-refractivity contribution in [3.8, 4) is 22.4 Å². The summed E-state index contributed by atoms with van der Waals surface area (Å²) in [6, 6.07) is 47.9. The second-order valence-electron chi connectivity index (χ2n) is 11.4. The summed E-state index contributed by atoms with van der Waals surface area (Å²) in [6.07, 6.45) is 1.92. The molecule has 0 saturated carbocycles. The van der Waals surface area contributed by atoms with Gasteiger partial charge in [0.2, 0.25) is 0 Å². The van der Waals surface area contributed by atoms with E-state index in [1.165, 1.54) is 54.4 Å². The maximum absolute atomic E-state index is 5.23. The molecule has 7 aromatic carbocycles. The zero-order valence-corrected chi connectivity index (χ0v) is 23.1. The third-order valence-corrected chi connectivity index (χ3v) is 9.14. The van der Waals surface area contributed by atoms with Gasteiger partial charge in [-0.3, -0.25) is 4.98 Å². The fourth-order valence-electron chi connectivity index (χ4n) is 7.23. The summed E-state index contributed by atoms with van der Waals surface area (Å²) in [4.78, 5) is 10.2. The molecule has 0 atom stereocenters. The highest BCUT2D eigenvalue weighted by Crippen LogP contribution is 2.40. The minimum atomic E-state index is 0.876. The van der Waals surface area contributed by atoms with Crippen LogP contribution >= 0.6 is 0 Å². The molecule has 0 spiro atoms. The lowest BCUT2D eigenvalue weighted by atomic mass is 9.98. The molecule has 0 aliphatic carbocycles. The van der Waals surface area contributed by atoms with E-state index in [1.54, 1.807) is 0 Å². The Labute approximate surface area is 246 Å². The Balaban J connectivity index is 1.17. The third-order valence-electron chi connectivity index (χ3n) is 9.14. The van der Waals surface area contributed by atoms with E-state index in [-0.39, 0.29) is 0 Å². The van der Waals surface area contributed by atoms with Gasteiger partial charge >= 0.3 is 0 Å². The van der Waals surface area contributed by atoms with Crippen molar-refractivity contribution in [1.82, 2.24) is 14.4 Å². The van der Waals surface area contributed by atoms with Crippen LogP contribution in [0.25, 0.3) is 93.1 Å². The molecule has 0 saturated heterocycles. The molecule has 0 aliphatic heterocycles. The summed E-state index contributed by atoms with van der Waals surface area (Å²) < 4.78 is 2.44. The maximum Gasteiger partial charge on any atom is 0.0979 e. The molecule has 0 bridgehead atoms. The first-order chi connectivity index (χ1) is 21.3. The first kappa shape index (κ1) is 22.8. The minimum absolute atomic E-state index is 0.876. The minimum Gasteiger partial charge on any atom is -0.308 e. The molecule has 3 heterocycles. The fraction of sp³-hybridized carbons (Fsp3) is 0. The Morgan fingerprint density at radius 3 is 1.77 bits per heavy atom. The Bertz CT molecular complexity index is 2700. The van der Waals surface area contributed by atoms with E-state index < -0.39 is 0 Å². The van der Waals surface area contributed by atoms with Gasteiger partial charge in [0.1, 0.15) is 0 Å². The van der Waals surface area contributed by atoms with Crippen LogP contribution in [0.15, 0.2) is 140 Å². The van der Waals surface area contributed by atoms with E-state index in [0.29, 0.717) is 0 Å². The molecule has 3 heteroatoms. The van der Waals surface area contributed by atoms with Crippen LogP contribution in [0.1, 0.15) is 0 Å². The Morgan fingerprint density at radius 1 is 0.395 bits per heavy atom. The lowest BCUT2D eigenvalue weighted by Gasteiger charge is -2.11. The van der Waals surface area contributed by atoms with Gasteiger partial charge in [-0.2, -0.15) is 0 Å². The number of benzene rings is 7. The largest absolute Gasteiger partial charge is 0.308 e. The van der Waals surface area contributed by atoms with E-state index in [1.807, 2.05) is 6.20 Å². The molecule has 3 nitrogen and oxygen atoms in total. The second-order valence-corrected chi connectivity index (χ2v) is 11.4. The van der Waals surface area contributed by atoms with Crippen LogP contribution in [0.3, 0.4) is 0 Å². The van der Waals surface area contributed by atoms with Crippen molar-refractivity contribution in [2.75, 3.05) is 0 Å². The van der Waals surface area contributed by atoms with E-state index in [9.17, 15) is 0 Å². The number of nitrogens with zero attached hydrogens (tertiary/aromatic N) is 3. The maximum atomic E-state index is 5.23. The summed E-state index contributed by atoms with van der Waals surface area (Å²) >= 11 is 0. The van der Waals surface area contributed by atoms with Crippen molar-refractivity contribution in [2.45, 2.75) is 0 Å². The molecule has 3 aromatic heterocycles. The normalized spacial score (nSPS) is 12.2. The van der Waals surface area contributed by atoms with Gasteiger partial charge in [0.15, 0.2) is 0 Å². The van der Waals surface area contributed by atoms with Crippen LogP contribution in [-0.4, -0.2) is 14.4 Å². The van der Waals surface area contributed by atoms with Gasteiger partial charge in [-0.15, -0.1) is 0 Å². The predicted octanol–water partition coefficient (Wildman–Crippen LogP) is 10.4. The number of aromatic nitrogens is 3. The highest BCUT2D eigenvalue weighted by molar-refractivity contribution is 6.24. The standard InChI is InChI=1S/C40H23N3/c1-3-14-31-27(11-1)28-12-2-4-15-32(28)39-38(31)41-23-35(42-39)26-10-7-9-24(21-26)25-19-20-30-34-17-8-16-33-29-13-5-6-18-36(29)43(40(33)34)37(30)22-25/h1-23H. The summed E-state index contributed by atoms with van der Waals surface area (Å²) in [5.41, 5.74) is 9.95. The van der Waals surface area contributed by atoms with Crippen LogP contribution < -0.4 is 0 Å². The van der Waals surface area contributed by atoms with Crippen LogP contribution in [0.2, 0.25) is 0 Å². The third kappa shape index (κ3) is 3.08. The molecular weight excluding hydrogens is 522 g/mol. The smallest absolute Gasteiger partial charge is 0.0979 e. The Kier molecular flexibility index (Phi) is 4.45. The topological polar surface area (TPSA) is 30.2 Å². The van der Waals surface area contributed by atoms with Crippen molar-refractivity contribution in [2.24, 2.45) is 0 Å². The number of fused-ring (bicyclic) bond motifs is 12. The number of para-hydroxylation sites is 2. The molecule has 198 valence electrons. The average Bonchev–Trinajstić information content (AvgIpc) is 3.60. The van der Waals surface area contributed by atoms with Crippen LogP contribution in [0.4, 0.5) is 0 Å². The van der Waals surface area contributed by atoms with Crippen molar-refractivity contribution in [3.05, 3.63) is 140 Å². The molecule has 0 N–H and O–H groups in total. The van der Waals surface area contributed by atoms with Gasteiger partial charge in [0.25, 0.3) is 0 Å². The molecule has 0 amide bonds. The summed E-state index contributed by atoms with van der Waals surface area (Å²) in [6.45, 7) is 0. The molecule has 10 rings (SSSR count). The van der Waals surface area contributed by atoms with Gasteiger partial charge in [0.05, 0.1) is 39.5 Å². The Morgan fingerprint density at radius 2 is 0.977 bits per heavy atom. The van der Waals surface area contributed by atoms with Crippen LogP contribution in [-0.2, 0) is 0 Å². The molecule has 0 unspecified atom stereocenters. The second kappa shape index (κ2) is 8.37. The zero-order valence-electron chi connectivity index (χ0n) is 23.1. The monoisotopic (exact) mass is 545 g/mol. The first-order valence-electron chi connectivity index (χ1n) is 14.7. The van der Waals surface area contributed by atoms with Gasteiger partial charge in [0, 0.05) is 37.9 Å². The highest BCUT2D eigenvalue weighted by Gasteiger charge is 2.18. The molecule has 43 heavy (non-hydrogen) atoms. The lowest BCUT2D eigenvalue weighted by molar-refractivity contribution is 1.31. The molecule has 0 radical (unpaired) electrons. The number of hydrogen-bond donors (Lipinski definition) is 0. The summed E-state index contributed by atoms with van der Waals surface area (Å²) in [5.74, 6) is 0. The van der Waals surface area contributed by atoms with E-state index in [0.717, 1.165) is 38.6 Å². The molecule has 10 aromatic rings. The summed E-state index contributed by atoms with van der Waals surface area (Å²) in [7, 11) is 0.